The molecule has 0 aromatic carbocycles. The molecular weight excluding hydrogens is 350 g/mol. The zero-order chi connectivity index (χ0) is 16.9. The summed E-state index contributed by atoms with van der Waals surface area (Å²) in [4.78, 5) is 23.8. The Hall–Kier alpha value is -1.47. The Labute approximate surface area is 153 Å². The van der Waals surface area contributed by atoms with Crippen LogP contribution in [0, 0.1) is 0 Å². The number of aromatic nitrogens is 2. The van der Waals surface area contributed by atoms with Gasteiger partial charge in [-0.25, -0.2) is 9.13 Å². The van der Waals surface area contributed by atoms with Crippen LogP contribution in [0.4, 0.5) is 0 Å². The summed E-state index contributed by atoms with van der Waals surface area (Å²) in [5, 5.41) is 3.89. The molecule has 2 heterocycles. The van der Waals surface area contributed by atoms with Gasteiger partial charge in [-0.05, 0) is 31.2 Å². The first-order valence-corrected chi connectivity index (χ1v) is 8.67. The fourth-order valence-electron chi connectivity index (χ4n) is 2.40. The first-order chi connectivity index (χ1) is 10.9. The number of nitrogens with one attached hydrogen (secondary N) is 1. The van der Waals surface area contributed by atoms with E-state index in [1.54, 1.807) is 6.26 Å². The number of carbonyl (C=O) groups is 2. The van der Waals surface area contributed by atoms with Crippen LogP contribution in [-0.4, -0.2) is 27.7 Å². The number of imidazole rings is 1. The molecule has 0 saturated heterocycles. The summed E-state index contributed by atoms with van der Waals surface area (Å²) >= 11 is 1.52. The number of ether oxygens (including phenoxy) is 1. The molecule has 1 aliphatic heterocycles. The lowest BCUT2D eigenvalue weighted by atomic mass is 10.1. The smallest absolute Gasteiger partial charge is 0.317 e. The molecule has 2 rings (SSSR count). The molecular formula is C16H24ClN3O3S. The summed E-state index contributed by atoms with van der Waals surface area (Å²) in [6.45, 7) is 1.84. The lowest BCUT2D eigenvalue weighted by Crippen LogP contribution is -3.00. The summed E-state index contributed by atoms with van der Waals surface area (Å²) in [5.41, 5.74) is -0.627. The molecule has 1 aromatic rings. The quantitative estimate of drug-likeness (QED) is 0.443. The van der Waals surface area contributed by atoms with Crippen molar-refractivity contribution in [3.8, 4) is 0 Å². The lowest BCUT2D eigenvalue weighted by Gasteiger charge is -2.24. The molecule has 8 heteroatoms. The van der Waals surface area contributed by atoms with Crippen molar-refractivity contribution in [1.82, 2.24) is 9.88 Å². The molecule has 1 atom stereocenters. The zero-order valence-corrected chi connectivity index (χ0v) is 15.8. The summed E-state index contributed by atoms with van der Waals surface area (Å²) in [7, 11) is 3.91. The average molecular weight is 374 g/mol. The van der Waals surface area contributed by atoms with Crippen molar-refractivity contribution in [3.05, 3.63) is 24.7 Å². The molecule has 0 saturated carbocycles. The summed E-state index contributed by atoms with van der Waals surface area (Å²) < 4.78 is 9.33. The van der Waals surface area contributed by atoms with E-state index in [1.807, 2.05) is 48.6 Å². The van der Waals surface area contributed by atoms with Crippen LogP contribution in [0.25, 0.3) is 0 Å². The maximum absolute atomic E-state index is 11.9. The minimum atomic E-state index is -0.627. The van der Waals surface area contributed by atoms with Crippen molar-refractivity contribution in [2.75, 3.05) is 5.75 Å². The van der Waals surface area contributed by atoms with Crippen molar-refractivity contribution in [2.45, 2.75) is 43.5 Å². The van der Waals surface area contributed by atoms with Crippen molar-refractivity contribution in [2.24, 2.45) is 14.1 Å². The molecule has 0 fully saturated rings. The van der Waals surface area contributed by atoms with Gasteiger partial charge in [0.2, 0.25) is 5.91 Å². The number of hydrogen-bond donors (Lipinski definition) is 1. The van der Waals surface area contributed by atoms with Gasteiger partial charge in [0.05, 0.1) is 26.1 Å². The van der Waals surface area contributed by atoms with Gasteiger partial charge >= 0.3 is 5.16 Å². The van der Waals surface area contributed by atoms with E-state index in [4.69, 9.17) is 4.74 Å². The lowest BCUT2D eigenvalue weighted by molar-refractivity contribution is -0.709. The second-order valence-electron chi connectivity index (χ2n) is 5.96. The third-order valence-corrected chi connectivity index (χ3v) is 4.98. The standard InChI is InChI=1S/C16H23N3O3S.ClH/c1-16(8-5-11-22-16)17-14(21)7-4-6-13(20)12-23-15-18(2)9-10-19(15)3;/h5,9-11H,4,6-8,12H2,1-3H3;1H. The molecule has 6 nitrogen and oxygen atoms in total. The van der Waals surface area contributed by atoms with Gasteiger partial charge in [0.15, 0.2) is 5.72 Å². The molecule has 134 valence electrons. The second kappa shape index (κ2) is 9.13. The normalized spacial score (nSPS) is 18.8. The highest BCUT2D eigenvalue weighted by Crippen LogP contribution is 2.19. The fourth-order valence-corrected chi connectivity index (χ4v) is 3.36. The van der Waals surface area contributed by atoms with Crippen LogP contribution >= 0.6 is 11.8 Å². The predicted octanol–water partition coefficient (Wildman–Crippen LogP) is -1.55. The SMILES string of the molecule is Cn1cc[n+](C)c1SCC(=O)CCCC(=O)NC1(C)CC=CO1.[Cl-]. The number of amides is 1. The predicted molar refractivity (Wildman–Crippen MR) is 87.6 cm³/mol. The number of Topliss-reactive ketones (excluding diaryl/α,β-unsaturated/α-hetero) is 1. The van der Waals surface area contributed by atoms with Gasteiger partial charge in [-0.15, -0.1) is 0 Å². The van der Waals surface area contributed by atoms with Crippen molar-refractivity contribution < 1.29 is 31.3 Å². The highest BCUT2D eigenvalue weighted by atomic mass is 35.5. The Kier molecular flexibility index (Phi) is 7.83. The zero-order valence-electron chi connectivity index (χ0n) is 14.3. The van der Waals surface area contributed by atoms with Crippen molar-refractivity contribution in [3.63, 3.8) is 0 Å². The van der Waals surface area contributed by atoms with Gasteiger partial charge in [0.25, 0.3) is 0 Å². The third-order valence-electron chi connectivity index (χ3n) is 3.67. The third kappa shape index (κ3) is 5.87. The van der Waals surface area contributed by atoms with E-state index in [0.717, 1.165) is 5.16 Å². The molecule has 0 spiro atoms. The van der Waals surface area contributed by atoms with Crippen LogP contribution in [0.1, 0.15) is 32.6 Å². The van der Waals surface area contributed by atoms with Crippen LogP contribution < -0.4 is 22.3 Å². The van der Waals surface area contributed by atoms with E-state index in [0.29, 0.717) is 31.4 Å². The maximum atomic E-state index is 11.9. The number of aryl methyl sites for hydroxylation is 2. The molecule has 1 aliphatic rings. The van der Waals surface area contributed by atoms with E-state index >= 15 is 0 Å². The van der Waals surface area contributed by atoms with Gasteiger partial charge in [-0.2, -0.15) is 0 Å². The molecule has 24 heavy (non-hydrogen) atoms. The van der Waals surface area contributed by atoms with E-state index in [1.165, 1.54) is 11.8 Å². The van der Waals surface area contributed by atoms with Gasteiger partial charge in [-0.3, -0.25) is 9.59 Å². The van der Waals surface area contributed by atoms with Crippen molar-refractivity contribution >= 4 is 23.5 Å². The number of halogens is 1. The number of hydrogen-bond acceptors (Lipinski definition) is 4. The Morgan fingerprint density at radius 2 is 2.21 bits per heavy atom. The monoisotopic (exact) mass is 373 g/mol. The van der Waals surface area contributed by atoms with Gasteiger partial charge in [0.1, 0.15) is 18.2 Å². The number of ketones is 1. The number of carbonyl (C=O) groups excluding carboxylic acids is 2. The Balaban J connectivity index is 0.00000288. The minimum Gasteiger partial charge on any atom is -1.00 e. The van der Waals surface area contributed by atoms with Crippen LogP contribution in [0.3, 0.4) is 0 Å². The van der Waals surface area contributed by atoms with Gasteiger partial charge in [-0.1, -0.05) is 0 Å². The van der Waals surface area contributed by atoms with Crippen LogP contribution in [0.2, 0.25) is 0 Å². The van der Waals surface area contributed by atoms with E-state index in [9.17, 15) is 9.59 Å². The van der Waals surface area contributed by atoms with E-state index in [-0.39, 0.29) is 24.1 Å². The summed E-state index contributed by atoms with van der Waals surface area (Å²) in [5.74, 6) is 0.511. The molecule has 0 aliphatic carbocycles. The highest BCUT2D eigenvalue weighted by molar-refractivity contribution is 7.99. The molecule has 0 radical (unpaired) electrons. The van der Waals surface area contributed by atoms with Crippen LogP contribution in [-0.2, 0) is 28.4 Å². The van der Waals surface area contributed by atoms with E-state index < -0.39 is 5.72 Å². The Morgan fingerprint density at radius 1 is 1.46 bits per heavy atom. The summed E-state index contributed by atoms with van der Waals surface area (Å²) in [6.07, 6.45) is 9.39. The van der Waals surface area contributed by atoms with Crippen LogP contribution in [0.5, 0.6) is 0 Å². The first-order valence-electron chi connectivity index (χ1n) is 7.69. The van der Waals surface area contributed by atoms with Gasteiger partial charge in [0, 0.05) is 19.3 Å². The molecule has 1 aromatic heterocycles. The number of nitrogens with zero attached hydrogens (tertiary/aromatic N) is 2. The number of rotatable bonds is 8. The number of thioether (sulfide) groups is 1. The second-order valence-corrected chi connectivity index (χ2v) is 6.90. The Morgan fingerprint density at radius 3 is 2.79 bits per heavy atom. The maximum Gasteiger partial charge on any atom is 0.317 e. The molecule has 1 N–H and O–H groups in total. The minimum absolute atomic E-state index is 0. The van der Waals surface area contributed by atoms with E-state index in [2.05, 4.69) is 5.32 Å². The Bertz CT molecular complexity index is 588. The topological polar surface area (TPSA) is 64.2 Å². The highest BCUT2D eigenvalue weighted by Gasteiger charge is 2.28. The molecule has 1 amide bonds. The first kappa shape index (κ1) is 20.6. The summed E-state index contributed by atoms with van der Waals surface area (Å²) in [6, 6.07) is 0. The van der Waals surface area contributed by atoms with Gasteiger partial charge < -0.3 is 22.5 Å². The largest absolute Gasteiger partial charge is 1.00 e. The average Bonchev–Trinajstić information content (AvgIpc) is 3.04. The molecule has 0 bridgehead atoms. The molecule has 1 unspecified atom stereocenters. The van der Waals surface area contributed by atoms with Crippen LogP contribution in [0.15, 0.2) is 29.9 Å². The fraction of sp³-hybridized carbons (Fsp3) is 0.562. The van der Waals surface area contributed by atoms with Crippen molar-refractivity contribution in [1.29, 1.82) is 0 Å².